The highest BCUT2D eigenvalue weighted by Gasteiger charge is 2.13. The van der Waals surface area contributed by atoms with Crippen molar-refractivity contribution in [2.75, 3.05) is 39.6 Å². The smallest absolute Gasteiger partial charge is 0.191 e. The Hall–Kier alpha value is -2.02. The first-order valence-electron chi connectivity index (χ1n) is 10.1. The molecule has 1 saturated heterocycles. The average Bonchev–Trinajstić information content (AvgIpc) is 2.76. The van der Waals surface area contributed by atoms with Crippen molar-refractivity contribution in [2.45, 2.75) is 31.5 Å². The van der Waals surface area contributed by atoms with Gasteiger partial charge < -0.3 is 15.4 Å². The van der Waals surface area contributed by atoms with Crippen LogP contribution in [0.25, 0.3) is 0 Å². The summed E-state index contributed by atoms with van der Waals surface area (Å²) in [6, 6.07) is 15.2. The molecule has 0 atom stereocenters. The Labute approximate surface area is 178 Å². The van der Waals surface area contributed by atoms with Crippen molar-refractivity contribution in [1.29, 1.82) is 0 Å². The molecule has 0 bridgehead atoms. The van der Waals surface area contributed by atoms with E-state index in [1.165, 1.54) is 27.1 Å². The number of thioether (sulfide) groups is 1. The van der Waals surface area contributed by atoms with Gasteiger partial charge in [-0.3, -0.25) is 9.89 Å². The SMILES string of the molecule is CN=C(NCc1ccccc1CN1CCOCC1)NCc1ccc(C)cc1SC. The molecule has 2 aromatic rings. The number of morpholine rings is 1. The molecule has 2 N–H and O–H groups in total. The van der Waals surface area contributed by atoms with Crippen LogP contribution >= 0.6 is 11.8 Å². The maximum Gasteiger partial charge on any atom is 0.191 e. The van der Waals surface area contributed by atoms with E-state index in [-0.39, 0.29) is 0 Å². The Morgan fingerprint density at radius 2 is 1.72 bits per heavy atom. The molecule has 0 unspecified atom stereocenters. The van der Waals surface area contributed by atoms with Crippen LogP contribution in [0.15, 0.2) is 52.4 Å². The molecule has 1 aliphatic rings. The molecule has 0 spiro atoms. The van der Waals surface area contributed by atoms with E-state index in [0.717, 1.165) is 51.9 Å². The fourth-order valence-corrected chi connectivity index (χ4v) is 4.17. The summed E-state index contributed by atoms with van der Waals surface area (Å²) in [5, 5.41) is 6.92. The van der Waals surface area contributed by atoms with Crippen LogP contribution in [0, 0.1) is 6.92 Å². The van der Waals surface area contributed by atoms with Crippen LogP contribution in [0.5, 0.6) is 0 Å². The Kier molecular flexibility index (Phi) is 8.40. The molecule has 1 aliphatic heterocycles. The second kappa shape index (κ2) is 11.2. The summed E-state index contributed by atoms with van der Waals surface area (Å²) in [7, 11) is 1.82. The summed E-state index contributed by atoms with van der Waals surface area (Å²) in [6.45, 7) is 8.26. The minimum atomic E-state index is 0.753. The number of hydrogen-bond acceptors (Lipinski definition) is 4. The summed E-state index contributed by atoms with van der Waals surface area (Å²) < 4.78 is 5.47. The van der Waals surface area contributed by atoms with Crippen molar-refractivity contribution in [3.05, 3.63) is 64.7 Å². The maximum atomic E-state index is 5.47. The van der Waals surface area contributed by atoms with Gasteiger partial charge in [-0.1, -0.05) is 36.4 Å². The topological polar surface area (TPSA) is 48.9 Å². The summed E-state index contributed by atoms with van der Waals surface area (Å²) in [5.41, 5.74) is 5.25. The molecule has 1 fully saturated rings. The molecular weight excluding hydrogens is 380 g/mol. The Morgan fingerprint density at radius 3 is 2.41 bits per heavy atom. The second-order valence-corrected chi connectivity index (χ2v) is 8.10. The van der Waals surface area contributed by atoms with Gasteiger partial charge in [0.25, 0.3) is 0 Å². The lowest BCUT2D eigenvalue weighted by Gasteiger charge is -2.27. The molecule has 0 saturated carbocycles. The average molecular weight is 413 g/mol. The highest BCUT2D eigenvalue weighted by molar-refractivity contribution is 7.98. The lowest BCUT2D eigenvalue weighted by atomic mass is 10.1. The van der Waals surface area contributed by atoms with E-state index in [9.17, 15) is 0 Å². The first kappa shape index (κ1) is 21.7. The molecule has 156 valence electrons. The zero-order valence-electron chi connectivity index (χ0n) is 17.7. The zero-order chi connectivity index (χ0) is 20.5. The molecule has 0 aromatic heterocycles. The number of guanidine groups is 1. The van der Waals surface area contributed by atoms with Crippen LogP contribution in [-0.4, -0.2) is 50.5 Å². The molecular formula is C23H32N4OS. The van der Waals surface area contributed by atoms with Crippen molar-refractivity contribution >= 4 is 17.7 Å². The summed E-state index contributed by atoms with van der Waals surface area (Å²) >= 11 is 1.78. The number of hydrogen-bond donors (Lipinski definition) is 2. The first-order valence-corrected chi connectivity index (χ1v) is 11.4. The molecule has 0 aliphatic carbocycles. The van der Waals surface area contributed by atoms with Gasteiger partial charge in [0.05, 0.1) is 13.2 Å². The fourth-order valence-electron chi connectivity index (χ4n) is 3.46. The van der Waals surface area contributed by atoms with E-state index in [0.29, 0.717) is 0 Å². The van der Waals surface area contributed by atoms with E-state index >= 15 is 0 Å². The summed E-state index contributed by atoms with van der Waals surface area (Å²) in [4.78, 5) is 8.16. The third-order valence-corrected chi connectivity index (χ3v) is 5.99. The van der Waals surface area contributed by atoms with Crippen molar-refractivity contribution in [3.63, 3.8) is 0 Å². The van der Waals surface area contributed by atoms with Crippen LogP contribution in [0.3, 0.4) is 0 Å². The van der Waals surface area contributed by atoms with Crippen LogP contribution in [0.1, 0.15) is 22.3 Å². The number of aryl methyl sites for hydroxylation is 1. The Morgan fingerprint density at radius 1 is 1.03 bits per heavy atom. The van der Waals surface area contributed by atoms with E-state index in [1.807, 2.05) is 7.05 Å². The summed E-state index contributed by atoms with van der Waals surface area (Å²) in [6.07, 6.45) is 2.12. The van der Waals surface area contributed by atoms with Gasteiger partial charge in [-0.2, -0.15) is 0 Å². The minimum Gasteiger partial charge on any atom is -0.379 e. The summed E-state index contributed by atoms with van der Waals surface area (Å²) in [5.74, 6) is 0.818. The number of ether oxygens (including phenoxy) is 1. The molecule has 3 rings (SSSR count). The lowest BCUT2D eigenvalue weighted by molar-refractivity contribution is 0.0341. The number of nitrogens with zero attached hydrogens (tertiary/aromatic N) is 2. The van der Waals surface area contributed by atoms with E-state index in [2.05, 4.69) is 76.2 Å². The van der Waals surface area contributed by atoms with Crippen LogP contribution < -0.4 is 10.6 Å². The quantitative estimate of drug-likeness (QED) is 0.415. The Bertz CT molecular complexity index is 818. The Balaban J connectivity index is 1.57. The highest BCUT2D eigenvalue weighted by atomic mass is 32.2. The highest BCUT2D eigenvalue weighted by Crippen LogP contribution is 2.21. The van der Waals surface area contributed by atoms with Crippen molar-refractivity contribution in [2.24, 2.45) is 4.99 Å². The lowest BCUT2D eigenvalue weighted by Crippen LogP contribution is -2.37. The third kappa shape index (κ3) is 6.49. The van der Waals surface area contributed by atoms with Crippen molar-refractivity contribution < 1.29 is 4.74 Å². The number of nitrogens with one attached hydrogen (secondary N) is 2. The number of aliphatic imine (C=N–C) groups is 1. The standard InChI is InChI=1S/C23H32N4OS/c1-18-8-9-20(22(14-18)29-3)16-26-23(24-2)25-15-19-6-4-5-7-21(19)17-27-10-12-28-13-11-27/h4-9,14H,10-13,15-17H2,1-3H3,(H2,24,25,26). The van der Waals surface area contributed by atoms with Gasteiger partial charge in [0.1, 0.15) is 0 Å². The predicted molar refractivity (Wildman–Crippen MR) is 123 cm³/mol. The first-order chi connectivity index (χ1) is 14.2. The minimum absolute atomic E-state index is 0.753. The maximum absolute atomic E-state index is 5.47. The number of benzene rings is 2. The van der Waals surface area contributed by atoms with Gasteiger partial charge in [0, 0.05) is 44.7 Å². The molecule has 0 amide bonds. The molecule has 29 heavy (non-hydrogen) atoms. The molecule has 1 heterocycles. The van der Waals surface area contributed by atoms with Gasteiger partial charge in [-0.25, -0.2) is 0 Å². The zero-order valence-corrected chi connectivity index (χ0v) is 18.5. The van der Waals surface area contributed by atoms with Gasteiger partial charge in [-0.15, -0.1) is 11.8 Å². The fraction of sp³-hybridized carbons (Fsp3) is 0.435. The third-order valence-electron chi connectivity index (χ3n) is 5.17. The van der Waals surface area contributed by atoms with Crippen LogP contribution in [0.4, 0.5) is 0 Å². The van der Waals surface area contributed by atoms with E-state index in [4.69, 9.17) is 4.74 Å². The van der Waals surface area contributed by atoms with E-state index in [1.54, 1.807) is 11.8 Å². The van der Waals surface area contributed by atoms with Gasteiger partial charge >= 0.3 is 0 Å². The van der Waals surface area contributed by atoms with Crippen molar-refractivity contribution in [1.82, 2.24) is 15.5 Å². The second-order valence-electron chi connectivity index (χ2n) is 7.25. The predicted octanol–water partition coefficient (Wildman–Crippen LogP) is 3.41. The number of rotatable bonds is 7. The van der Waals surface area contributed by atoms with E-state index < -0.39 is 0 Å². The molecule has 2 aromatic carbocycles. The van der Waals surface area contributed by atoms with Gasteiger partial charge in [0.2, 0.25) is 0 Å². The largest absolute Gasteiger partial charge is 0.379 e. The van der Waals surface area contributed by atoms with Crippen LogP contribution in [0.2, 0.25) is 0 Å². The van der Waals surface area contributed by atoms with Gasteiger partial charge in [0.15, 0.2) is 5.96 Å². The van der Waals surface area contributed by atoms with Gasteiger partial charge in [-0.05, 0) is 41.5 Å². The molecule has 0 radical (unpaired) electrons. The van der Waals surface area contributed by atoms with Crippen molar-refractivity contribution in [3.8, 4) is 0 Å². The molecule has 5 nitrogen and oxygen atoms in total. The monoisotopic (exact) mass is 412 g/mol. The molecule has 6 heteroatoms. The van der Waals surface area contributed by atoms with Crippen LogP contribution in [-0.2, 0) is 24.4 Å². The normalized spacial score (nSPS) is 15.3.